The lowest BCUT2D eigenvalue weighted by atomic mass is 10.1. The Balaban J connectivity index is 1.81. The molecule has 6 heteroatoms. The minimum absolute atomic E-state index is 0.278. The molecule has 0 fully saturated rings. The van der Waals surface area contributed by atoms with E-state index in [0.717, 1.165) is 4.88 Å². The zero-order valence-corrected chi connectivity index (χ0v) is 12.0. The second-order valence-corrected chi connectivity index (χ2v) is 6.29. The van der Waals surface area contributed by atoms with Crippen LogP contribution in [-0.4, -0.2) is 23.3 Å². The number of nitrogens with zero attached hydrogens (tertiary/aromatic N) is 1. The number of amides is 2. The summed E-state index contributed by atoms with van der Waals surface area (Å²) in [6, 6.07) is 8.66. The van der Waals surface area contributed by atoms with E-state index in [2.05, 4.69) is 0 Å². The number of halogens is 1. The first-order valence-corrected chi connectivity index (χ1v) is 7.26. The molecule has 3 rings (SSSR count). The van der Waals surface area contributed by atoms with Gasteiger partial charge in [0.15, 0.2) is 0 Å². The fourth-order valence-corrected chi connectivity index (χ4v) is 3.35. The van der Waals surface area contributed by atoms with Gasteiger partial charge in [-0.2, -0.15) is 0 Å². The molecule has 20 heavy (non-hydrogen) atoms. The summed E-state index contributed by atoms with van der Waals surface area (Å²) < 4.78 is 0.701. The van der Waals surface area contributed by atoms with Gasteiger partial charge in [-0.1, -0.05) is 17.7 Å². The minimum atomic E-state index is -0.314. The third-order valence-corrected chi connectivity index (χ3v) is 4.53. The molecule has 4 nitrogen and oxygen atoms in total. The molecule has 1 aliphatic heterocycles. The molecule has 0 saturated carbocycles. The highest BCUT2D eigenvalue weighted by atomic mass is 35.5. The van der Waals surface area contributed by atoms with Gasteiger partial charge in [0.2, 0.25) is 0 Å². The molecule has 0 spiro atoms. The predicted octanol–water partition coefficient (Wildman–Crippen LogP) is 2.82. The first-order chi connectivity index (χ1) is 9.58. The van der Waals surface area contributed by atoms with E-state index < -0.39 is 0 Å². The van der Waals surface area contributed by atoms with E-state index in [1.54, 1.807) is 18.2 Å². The van der Waals surface area contributed by atoms with E-state index in [-0.39, 0.29) is 11.8 Å². The topological polar surface area (TPSA) is 63.4 Å². The molecule has 0 radical (unpaired) electrons. The lowest BCUT2D eigenvalue weighted by Gasteiger charge is -2.12. The second kappa shape index (κ2) is 4.92. The van der Waals surface area contributed by atoms with Crippen LogP contribution >= 0.6 is 22.9 Å². The van der Waals surface area contributed by atoms with Crippen LogP contribution in [0.3, 0.4) is 0 Å². The zero-order chi connectivity index (χ0) is 14.3. The van der Waals surface area contributed by atoms with Crippen LogP contribution in [0.5, 0.6) is 0 Å². The Hall–Kier alpha value is -1.85. The van der Waals surface area contributed by atoms with Crippen molar-refractivity contribution in [2.24, 2.45) is 0 Å². The fourth-order valence-electron chi connectivity index (χ4n) is 2.27. The number of hydrogen-bond acceptors (Lipinski definition) is 4. The van der Waals surface area contributed by atoms with E-state index in [1.807, 2.05) is 12.1 Å². The van der Waals surface area contributed by atoms with Crippen molar-refractivity contribution in [3.8, 4) is 0 Å². The number of benzene rings is 1. The predicted molar refractivity (Wildman–Crippen MR) is 79.3 cm³/mol. The van der Waals surface area contributed by atoms with Crippen LogP contribution in [0.15, 0.2) is 30.3 Å². The van der Waals surface area contributed by atoms with Crippen molar-refractivity contribution in [1.82, 2.24) is 4.90 Å². The van der Waals surface area contributed by atoms with E-state index in [4.69, 9.17) is 17.3 Å². The molecular weight excluding hydrogens is 296 g/mol. The third-order valence-electron chi connectivity index (χ3n) is 3.24. The van der Waals surface area contributed by atoms with Gasteiger partial charge in [-0.05, 0) is 30.7 Å². The molecule has 2 amide bonds. The minimum Gasteiger partial charge on any atom is -0.398 e. The van der Waals surface area contributed by atoms with Crippen LogP contribution in [0, 0.1) is 0 Å². The first kappa shape index (κ1) is 13.1. The van der Waals surface area contributed by atoms with Crippen LogP contribution < -0.4 is 5.73 Å². The second-order valence-electron chi connectivity index (χ2n) is 4.49. The van der Waals surface area contributed by atoms with Gasteiger partial charge in [0.05, 0.1) is 15.5 Å². The van der Waals surface area contributed by atoms with Crippen LogP contribution in [0.1, 0.15) is 25.6 Å². The average Bonchev–Trinajstić information content (AvgIpc) is 2.93. The Morgan fingerprint density at radius 1 is 1.15 bits per heavy atom. The Kier molecular flexibility index (Phi) is 3.23. The molecule has 1 aromatic carbocycles. The summed E-state index contributed by atoms with van der Waals surface area (Å²) in [5.41, 5.74) is 6.84. The van der Waals surface area contributed by atoms with Gasteiger partial charge in [0, 0.05) is 17.1 Å². The monoisotopic (exact) mass is 306 g/mol. The Bertz CT molecular complexity index is 711. The maximum Gasteiger partial charge on any atom is 0.263 e. The Morgan fingerprint density at radius 3 is 2.60 bits per heavy atom. The number of anilines is 1. The number of imide groups is 1. The Labute approximate surface area is 124 Å². The summed E-state index contributed by atoms with van der Waals surface area (Å²) in [6.45, 7) is 0.336. The van der Waals surface area contributed by atoms with E-state index in [1.165, 1.54) is 16.2 Å². The van der Waals surface area contributed by atoms with Crippen molar-refractivity contribution in [3.05, 3.63) is 50.7 Å². The molecule has 0 bridgehead atoms. The molecular formula is C14H11ClN2O2S. The van der Waals surface area contributed by atoms with Gasteiger partial charge in [-0.25, -0.2) is 0 Å². The highest BCUT2D eigenvalue weighted by Gasteiger charge is 2.36. The van der Waals surface area contributed by atoms with Crippen LogP contribution in [0.25, 0.3) is 0 Å². The van der Waals surface area contributed by atoms with Gasteiger partial charge in [-0.3, -0.25) is 14.5 Å². The maximum absolute atomic E-state index is 12.3. The molecule has 1 aliphatic rings. The number of carbonyl (C=O) groups excluding carboxylic acids is 2. The highest BCUT2D eigenvalue weighted by Crippen LogP contribution is 2.28. The number of fused-ring (bicyclic) bond motifs is 1. The molecule has 2 N–H and O–H groups in total. The summed E-state index contributed by atoms with van der Waals surface area (Å²) in [5.74, 6) is -0.592. The number of carbonyl (C=O) groups is 2. The zero-order valence-electron chi connectivity index (χ0n) is 10.4. The summed E-state index contributed by atoms with van der Waals surface area (Å²) in [6.07, 6.45) is 0.600. The quantitative estimate of drug-likeness (QED) is 0.700. The molecule has 0 unspecified atom stereocenters. The summed E-state index contributed by atoms with van der Waals surface area (Å²) >= 11 is 7.31. The third kappa shape index (κ3) is 2.09. The molecule has 1 aromatic heterocycles. The van der Waals surface area contributed by atoms with Gasteiger partial charge in [0.25, 0.3) is 11.8 Å². The largest absolute Gasteiger partial charge is 0.398 e. The van der Waals surface area contributed by atoms with Crippen molar-refractivity contribution in [3.63, 3.8) is 0 Å². The van der Waals surface area contributed by atoms with Gasteiger partial charge >= 0.3 is 0 Å². The van der Waals surface area contributed by atoms with Crippen LogP contribution in [0.4, 0.5) is 5.69 Å². The van der Waals surface area contributed by atoms with Crippen molar-refractivity contribution in [2.75, 3.05) is 12.3 Å². The number of rotatable bonds is 3. The van der Waals surface area contributed by atoms with Crippen molar-refractivity contribution in [1.29, 1.82) is 0 Å². The lowest BCUT2D eigenvalue weighted by molar-refractivity contribution is 0.0657. The lowest BCUT2D eigenvalue weighted by Crippen LogP contribution is -2.31. The summed E-state index contributed by atoms with van der Waals surface area (Å²) in [4.78, 5) is 26.8. The van der Waals surface area contributed by atoms with Crippen LogP contribution in [-0.2, 0) is 6.42 Å². The first-order valence-electron chi connectivity index (χ1n) is 6.07. The standard InChI is InChI=1S/C14H11ClN2O2S/c15-11-5-4-8(20-11)6-7-17-13(18)9-2-1-3-10(16)12(9)14(17)19/h1-5H,6-7,16H2. The van der Waals surface area contributed by atoms with Gasteiger partial charge < -0.3 is 5.73 Å². The van der Waals surface area contributed by atoms with E-state index in [0.29, 0.717) is 34.1 Å². The summed E-state index contributed by atoms with van der Waals surface area (Å²) in [5, 5.41) is 0. The normalized spacial score (nSPS) is 13.9. The Morgan fingerprint density at radius 2 is 1.95 bits per heavy atom. The number of nitrogen functional groups attached to an aromatic ring is 1. The molecule has 102 valence electrons. The molecule has 0 saturated heterocycles. The van der Waals surface area contributed by atoms with Gasteiger partial charge in [-0.15, -0.1) is 11.3 Å². The van der Waals surface area contributed by atoms with Crippen molar-refractivity contribution < 1.29 is 9.59 Å². The van der Waals surface area contributed by atoms with Crippen molar-refractivity contribution in [2.45, 2.75) is 6.42 Å². The van der Waals surface area contributed by atoms with E-state index in [9.17, 15) is 9.59 Å². The molecule has 2 aromatic rings. The summed E-state index contributed by atoms with van der Waals surface area (Å²) in [7, 11) is 0. The molecule has 0 atom stereocenters. The fraction of sp³-hybridized carbons (Fsp3) is 0.143. The number of hydrogen-bond donors (Lipinski definition) is 1. The maximum atomic E-state index is 12.3. The molecule has 0 aliphatic carbocycles. The smallest absolute Gasteiger partial charge is 0.263 e. The van der Waals surface area contributed by atoms with Gasteiger partial charge in [0.1, 0.15) is 0 Å². The molecule has 2 heterocycles. The SMILES string of the molecule is Nc1cccc2c1C(=O)N(CCc1ccc(Cl)s1)C2=O. The highest BCUT2D eigenvalue weighted by molar-refractivity contribution is 7.16. The average molecular weight is 307 g/mol. The number of thiophene rings is 1. The van der Waals surface area contributed by atoms with Crippen molar-refractivity contribution >= 4 is 40.4 Å². The number of nitrogens with two attached hydrogens (primary N) is 1. The van der Waals surface area contributed by atoms with Crippen LogP contribution in [0.2, 0.25) is 4.34 Å². The van der Waals surface area contributed by atoms with E-state index >= 15 is 0 Å².